The largest absolute Gasteiger partial charge is 0.389 e. The zero-order valence-corrected chi connectivity index (χ0v) is 18.5. The minimum Gasteiger partial charge on any atom is -0.389 e. The molecule has 2 aromatic carbocycles. The monoisotopic (exact) mass is 469 g/mol. The minimum atomic E-state index is -0.632. The first-order valence-corrected chi connectivity index (χ1v) is 11.4. The molecule has 1 N–H and O–H groups in total. The molecular weight excluding hydrogens is 452 g/mol. The van der Waals surface area contributed by atoms with Gasteiger partial charge in [0.25, 0.3) is 5.91 Å². The number of carbonyl (C=O) groups is 1. The second kappa shape index (κ2) is 8.09. The number of fused-ring (bicyclic) bond motifs is 1. The number of thiophene rings is 1. The zero-order valence-electron chi connectivity index (χ0n) is 16.8. The van der Waals surface area contributed by atoms with Gasteiger partial charge in [-0.1, -0.05) is 12.1 Å². The van der Waals surface area contributed by atoms with Crippen molar-refractivity contribution in [2.75, 3.05) is 16.8 Å². The van der Waals surface area contributed by atoms with Gasteiger partial charge in [-0.15, -0.1) is 22.7 Å². The quantitative estimate of drug-likeness (QED) is 0.433. The van der Waals surface area contributed by atoms with Gasteiger partial charge in [0.1, 0.15) is 22.8 Å². The Morgan fingerprint density at radius 3 is 2.66 bits per heavy atom. The highest BCUT2D eigenvalue weighted by molar-refractivity contribution is 7.16. The Bertz CT molecular complexity index is 1320. The van der Waals surface area contributed by atoms with E-state index in [4.69, 9.17) is 0 Å². The maximum absolute atomic E-state index is 14.8. The molecule has 1 aliphatic heterocycles. The Morgan fingerprint density at radius 2 is 1.91 bits per heavy atom. The van der Waals surface area contributed by atoms with Crippen LogP contribution in [0.3, 0.4) is 0 Å². The van der Waals surface area contributed by atoms with E-state index in [0.717, 1.165) is 15.4 Å². The third kappa shape index (κ3) is 3.38. The number of rotatable bonds is 4. The SMILES string of the molecule is CN1c2ccc(F)cc2C(=O)N(c2ccccc2F)C1c1ccc(-c2csc(CO)n2)s1. The van der Waals surface area contributed by atoms with Crippen LogP contribution in [0.1, 0.15) is 26.4 Å². The summed E-state index contributed by atoms with van der Waals surface area (Å²) < 4.78 is 28.8. The summed E-state index contributed by atoms with van der Waals surface area (Å²) in [5.41, 5.74) is 1.60. The highest BCUT2D eigenvalue weighted by atomic mass is 32.1. The van der Waals surface area contributed by atoms with Gasteiger partial charge in [0, 0.05) is 17.3 Å². The molecule has 2 aromatic heterocycles. The number of carbonyl (C=O) groups excluding carboxylic acids is 1. The number of hydrogen-bond acceptors (Lipinski definition) is 6. The summed E-state index contributed by atoms with van der Waals surface area (Å²) in [4.78, 5) is 22.8. The maximum Gasteiger partial charge on any atom is 0.262 e. The Kier molecular flexibility index (Phi) is 5.24. The van der Waals surface area contributed by atoms with Crippen molar-refractivity contribution in [2.24, 2.45) is 0 Å². The molecule has 4 aromatic rings. The number of amides is 1. The number of hydrogen-bond donors (Lipinski definition) is 1. The van der Waals surface area contributed by atoms with Crippen molar-refractivity contribution >= 4 is 40.0 Å². The third-order valence-corrected chi connectivity index (χ3v) is 7.31. The van der Waals surface area contributed by atoms with E-state index < -0.39 is 23.7 Å². The van der Waals surface area contributed by atoms with Crippen molar-refractivity contribution in [3.05, 3.63) is 87.1 Å². The summed E-state index contributed by atoms with van der Waals surface area (Å²) in [6.07, 6.45) is -0.632. The fourth-order valence-corrected chi connectivity index (χ4v) is 5.70. The van der Waals surface area contributed by atoms with E-state index in [0.29, 0.717) is 10.7 Å². The lowest BCUT2D eigenvalue weighted by Gasteiger charge is -2.43. The van der Waals surface area contributed by atoms with Crippen LogP contribution in [0, 0.1) is 11.6 Å². The van der Waals surface area contributed by atoms with Crippen molar-refractivity contribution in [1.82, 2.24) is 4.98 Å². The van der Waals surface area contributed by atoms with Gasteiger partial charge < -0.3 is 10.0 Å². The summed E-state index contributed by atoms with van der Waals surface area (Å²) in [5.74, 6) is -1.54. The molecule has 3 heterocycles. The lowest BCUT2D eigenvalue weighted by Crippen LogP contribution is -2.48. The van der Waals surface area contributed by atoms with Crippen LogP contribution in [0.5, 0.6) is 0 Å². The predicted octanol–water partition coefficient (Wildman–Crippen LogP) is 5.44. The normalized spacial score (nSPS) is 15.9. The Hall–Kier alpha value is -3.14. The molecule has 0 fully saturated rings. The molecule has 0 saturated heterocycles. The van der Waals surface area contributed by atoms with E-state index in [1.807, 2.05) is 22.4 Å². The van der Waals surface area contributed by atoms with E-state index in [1.165, 1.54) is 45.8 Å². The van der Waals surface area contributed by atoms with Crippen molar-refractivity contribution in [3.8, 4) is 10.6 Å². The topological polar surface area (TPSA) is 56.7 Å². The highest BCUT2D eigenvalue weighted by Crippen LogP contribution is 2.44. The van der Waals surface area contributed by atoms with Crippen LogP contribution in [0.25, 0.3) is 10.6 Å². The molecule has 1 unspecified atom stereocenters. The molecule has 0 saturated carbocycles. The molecule has 9 heteroatoms. The molecular formula is C23H17F2N3O2S2. The Balaban J connectivity index is 1.65. The fraction of sp³-hybridized carbons (Fsp3) is 0.130. The van der Waals surface area contributed by atoms with Crippen LogP contribution in [-0.4, -0.2) is 23.0 Å². The van der Waals surface area contributed by atoms with E-state index in [1.54, 1.807) is 31.3 Å². The van der Waals surface area contributed by atoms with E-state index in [-0.39, 0.29) is 17.9 Å². The number of halogens is 2. The lowest BCUT2D eigenvalue weighted by atomic mass is 10.0. The van der Waals surface area contributed by atoms with Crippen molar-refractivity contribution in [1.29, 1.82) is 0 Å². The number of aliphatic hydroxyl groups is 1. The van der Waals surface area contributed by atoms with Crippen LogP contribution in [0.2, 0.25) is 0 Å². The third-order valence-electron chi connectivity index (χ3n) is 5.33. The van der Waals surface area contributed by atoms with Crippen LogP contribution >= 0.6 is 22.7 Å². The van der Waals surface area contributed by atoms with E-state index in [9.17, 15) is 18.7 Å². The minimum absolute atomic E-state index is 0.121. The van der Waals surface area contributed by atoms with E-state index in [2.05, 4.69) is 4.98 Å². The first-order valence-electron chi connectivity index (χ1n) is 9.74. The van der Waals surface area contributed by atoms with Crippen LogP contribution in [-0.2, 0) is 6.61 Å². The average Bonchev–Trinajstić information content (AvgIpc) is 3.46. The van der Waals surface area contributed by atoms with Gasteiger partial charge in [-0.2, -0.15) is 0 Å². The van der Waals surface area contributed by atoms with Crippen molar-refractivity contribution in [2.45, 2.75) is 12.8 Å². The Labute approximate surface area is 190 Å². The second-order valence-corrected chi connectivity index (χ2v) is 9.32. The molecule has 32 heavy (non-hydrogen) atoms. The summed E-state index contributed by atoms with van der Waals surface area (Å²) in [6.45, 7) is -0.128. The molecule has 1 aliphatic rings. The number of benzene rings is 2. The summed E-state index contributed by atoms with van der Waals surface area (Å²) in [5, 5.41) is 11.8. The Morgan fingerprint density at radius 1 is 1.09 bits per heavy atom. The molecule has 0 aliphatic carbocycles. The molecule has 1 amide bonds. The highest BCUT2D eigenvalue weighted by Gasteiger charge is 2.40. The van der Waals surface area contributed by atoms with Gasteiger partial charge in [0.05, 0.1) is 34.1 Å². The summed E-state index contributed by atoms with van der Waals surface area (Å²) >= 11 is 2.80. The van der Waals surface area contributed by atoms with Crippen molar-refractivity contribution < 1.29 is 18.7 Å². The first-order chi connectivity index (χ1) is 15.5. The number of para-hydroxylation sites is 1. The lowest BCUT2D eigenvalue weighted by molar-refractivity contribution is 0.0968. The number of aliphatic hydroxyl groups excluding tert-OH is 1. The van der Waals surface area contributed by atoms with Gasteiger partial charge in [0.15, 0.2) is 0 Å². The van der Waals surface area contributed by atoms with Gasteiger partial charge in [-0.3, -0.25) is 9.69 Å². The van der Waals surface area contributed by atoms with Crippen molar-refractivity contribution in [3.63, 3.8) is 0 Å². The van der Waals surface area contributed by atoms with Crippen LogP contribution in [0.4, 0.5) is 20.2 Å². The second-order valence-electron chi connectivity index (χ2n) is 7.26. The molecule has 1 atom stereocenters. The standard InChI is InChI=1S/C23H17F2N3O2S2/c1-27-17-7-6-13(24)10-14(17)23(30)28(18-5-3-2-4-15(18)25)22(27)20-9-8-19(32-20)16-12-31-21(11-29)26-16/h2-10,12,22,29H,11H2,1H3. The summed E-state index contributed by atoms with van der Waals surface area (Å²) in [6, 6.07) is 13.9. The average molecular weight is 470 g/mol. The first kappa shape index (κ1) is 20.7. The van der Waals surface area contributed by atoms with Gasteiger partial charge >= 0.3 is 0 Å². The molecule has 0 radical (unpaired) electrons. The molecule has 0 spiro atoms. The number of thiazole rings is 1. The van der Waals surface area contributed by atoms with Crippen LogP contribution in [0.15, 0.2) is 60.0 Å². The summed E-state index contributed by atoms with van der Waals surface area (Å²) in [7, 11) is 1.80. The maximum atomic E-state index is 14.8. The van der Waals surface area contributed by atoms with Crippen LogP contribution < -0.4 is 9.80 Å². The predicted molar refractivity (Wildman–Crippen MR) is 122 cm³/mol. The number of nitrogens with zero attached hydrogens (tertiary/aromatic N) is 3. The molecule has 162 valence electrons. The smallest absolute Gasteiger partial charge is 0.262 e. The zero-order chi connectivity index (χ0) is 22.4. The molecule has 5 rings (SSSR count). The fourth-order valence-electron chi connectivity index (χ4n) is 3.87. The van der Waals surface area contributed by atoms with Gasteiger partial charge in [-0.25, -0.2) is 13.8 Å². The number of anilines is 2. The van der Waals surface area contributed by atoms with Gasteiger partial charge in [-0.05, 0) is 42.5 Å². The van der Waals surface area contributed by atoms with Gasteiger partial charge in [0.2, 0.25) is 0 Å². The van der Waals surface area contributed by atoms with E-state index >= 15 is 0 Å². The number of aromatic nitrogens is 1. The molecule has 5 nitrogen and oxygen atoms in total. The molecule has 0 bridgehead atoms.